The summed E-state index contributed by atoms with van der Waals surface area (Å²) in [5, 5.41) is 0. The van der Waals surface area contributed by atoms with Crippen molar-refractivity contribution in [2.24, 2.45) is 5.92 Å². The summed E-state index contributed by atoms with van der Waals surface area (Å²) in [6, 6.07) is 0.940. The number of aromatic nitrogens is 2. The Bertz CT molecular complexity index is 501. The molecule has 0 aliphatic carbocycles. The van der Waals surface area contributed by atoms with Crippen molar-refractivity contribution < 1.29 is 18.0 Å². The third-order valence-electron chi connectivity index (χ3n) is 3.20. The predicted octanol–water partition coefficient (Wildman–Crippen LogP) is 2.22. The normalized spacial score (nSPS) is 19.8. The Morgan fingerprint density at radius 3 is 2.63 bits per heavy atom. The van der Waals surface area contributed by atoms with Gasteiger partial charge in [-0.05, 0) is 20.3 Å². The number of anilines is 1. The number of rotatable bonds is 2. The van der Waals surface area contributed by atoms with Gasteiger partial charge in [-0.1, -0.05) is 0 Å². The molecule has 1 fully saturated rings. The minimum atomic E-state index is -4.48. The lowest BCUT2D eigenvalue weighted by molar-refractivity contribution is -0.141. The molecule has 0 N–H and O–H groups in total. The lowest BCUT2D eigenvalue weighted by atomic mass is 10.1. The first kappa shape index (κ1) is 13.8. The van der Waals surface area contributed by atoms with Gasteiger partial charge in [0.1, 0.15) is 23.1 Å². The molecule has 19 heavy (non-hydrogen) atoms. The summed E-state index contributed by atoms with van der Waals surface area (Å²) in [7, 11) is 0. The Balaban J connectivity index is 2.26. The van der Waals surface area contributed by atoms with Crippen molar-refractivity contribution in [1.82, 2.24) is 9.97 Å². The molecular weight excluding hydrogens is 259 g/mol. The smallest absolute Gasteiger partial charge is 0.356 e. The maximum atomic E-state index is 12.7. The van der Waals surface area contributed by atoms with Crippen LogP contribution in [0.25, 0.3) is 0 Å². The van der Waals surface area contributed by atoms with Gasteiger partial charge in [0.05, 0.1) is 0 Å². The summed E-state index contributed by atoms with van der Waals surface area (Å²) in [4.78, 5) is 20.4. The molecule has 1 aliphatic rings. The van der Waals surface area contributed by atoms with E-state index in [9.17, 15) is 18.0 Å². The van der Waals surface area contributed by atoms with Gasteiger partial charge in [-0.25, -0.2) is 9.97 Å². The van der Waals surface area contributed by atoms with Crippen molar-refractivity contribution in [3.05, 3.63) is 17.6 Å². The van der Waals surface area contributed by atoms with Crippen molar-refractivity contribution >= 4 is 11.6 Å². The van der Waals surface area contributed by atoms with E-state index in [4.69, 9.17) is 0 Å². The minimum absolute atomic E-state index is 0.0596. The van der Waals surface area contributed by atoms with E-state index in [1.165, 1.54) is 13.8 Å². The van der Waals surface area contributed by atoms with Crippen LogP contribution in [-0.4, -0.2) is 28.8 Å². The molecule has 1 atom stereocenters. The Labute approximate surface area is 108 Å². The van der Waals surface area contributed by atoms with Crippen molar-refractivity contribution in [2.45, 2.75) is 26.4 Å². The maximum absolute atomic E-state index is 12.7. The van der Waals surface area contributed by atoms with Crippen LogP contribution in [0.2, 0.25) is 0 Å². The molecule has 0 amide bonds. The SMILES string of the molecule is CC(=O)[C@H]1CCN(c2cc(C(F)(F)F)nc(C)n2)C1. The van der Waals surface area contributed by atoms with Gasteiger partial charge in [-0.2, -0.15) is 13.2 Å². The molecular formula is C12H14F3N3O. The number of ketones is 1. The van der Waals surface area contributed by atoms with Crippen molar-refractivity contribution in [2.75, 3.05) is 18.0 Å². The van der Waals surface area contributed by atoms with Crippen LogP contribution in [0, 0.1) is 12.8 Å². The van der Waals surface area contributed by atoms with Crippen LogP contribution < -0.4 is 4.90 Å². The predicted molar refractivity (Wildman–Crippen MR) is 62.8 cm³/mol. The summed E-state index contributed by atoms with van der Waals surface area (Å²) in [6.07, 6.45) is -3.83. The van der Waals surface area contributed by atoms with E-state index in [-0.39, 0.29) is 23.3 Å². The molecule has 1 saturated heterocycles. The number of alkyl halides is 3. The van der Waals surface area contributed by atoms with Crippen LogP contribution in [-0.2, 0) is 11.0 Å². The Kier molecular flexibility index (Phi) is 3.47. The number of carbonyl (C=O) groups excluding carboxylic acids is 1. The van der Waals surface area contributed by atoms with Gasteiger partial charge < -0.3 is 4.90 Å². The molecule has 0 bridgehead atoms. The van der Waals surface area contributed by atoms with E-state index >= 15 is 0 Å². The highest BCUT2D eigenvalue weighted by Gasteiger charge is 2.35. The van der Waals surface area contributed by atoms with Crippen LogP contribution in [0.1, 0.15) is 24.9 Å². The first-order valence-electron chi connectivity index (χ1n) is 5.95. The second kappa shape index (κ2) is 4.79. The molecule has 0 unspecified atom stereocenters. The van der Waals surface area contributed by atoms with Crippen LogP contribution in [0.5, 0.6) is 0 Å². The average Bonchev–Trinajstić information content (AvgIpc) is 2.76. The van der Waals surface area contributed by atoms with Gasteiger partial charge in [0.2, 0.25) is 0 Å². The highest BCUT2D eigenvalue weighted by molar-refractivity contribution is 5.79. The van der Waals surface area contributed by atoms with Crippen LogP contribution in [0.15, 0.2) is 6.07 Å². The standard InChI is InChI=1S/C12H14F3N3O/c1-7(19)9-3-4-18(6-9)11-5-10(12(13,14)15)16-8(2)17-11/h5,9H,3-4,6H2,1-2H3/t9-/m0/s1. The van der Waals surface area contributed by atoms with Gasteiger partial charge in [-0.3, -0.25) is 4.79 Å². The van der Waals surface area contributed by atoms with Crippen LogP contribution in [0.4, 0.5) is 19.0 Å². The monoisotopic (exact) mass is 273 g/mol. The second-order valence-corrected chi connectivity index (χ2v) is 4.70. The van der Waals surface area contributed by atoms with Crippen molar-refractivity contribution in [3.8, 4) is 0 Å². The maximum Gasteiger partial charge on any atom is 0.433 e. The molecule has 0 radical (unpaired) electrons. The van der Waals surface area contributed by atoms with E-state index in [1.54, 1.807) is 4.90 Å². The largest absolute Gasteiger partial charge is 0.433 e. The molecule has 0 aromatic carbocycles. The van der Waals surface area contributed by atoms with Gasteiger partial charge in [0.15, 0.2) is 0 Å². The third-order valence-corrected chi connectivity index (χ3v) is 3.20. The lowest BCUT2D eigenvalue weighted by Crippen LogP contribution is -2.24. The number of Topliss-reactive ketones (excluding diaryl/α,β-unsaturated/α-hetero) is 1. The third kappa shape index (κ3) is 3.02. The number of hydrogen-bond acceptors (Lipinski definition) is 4. The summed E-state index contributed by atoms with van der Waals surface area (Å²) in [5.41, 5.74) is -0.943. The molecule has 1 aromatic rings. The van der Waals surface area contributed by atoms with Crippen molar-refractivity contribution in [3.63, 3.8) is 0 Å². The molecule has 2 rings (SSSR count). The van der Waals surface area contributed by atoms with Gasteiger partial charge in [-0.15, -0.1) is 0 Å². The Morgan fingerprint density at radius 1 is 1.42 bits per heavy atom. The van der Waals surface area contributed by atoms with Gasteiger partial charge in [0, 0.05) is 25.1 Å². The molecule has 1 aromatic heterocycles. The quantitative estimate of drug-likeness (QED) is 0.829. The topological polar surface area (TPSA) is 46.1 Å². The summed E-state index contributed by atoms with van der Waals surface area (Å²) in [5.74, 6) is 0.258. The summed E-state index contributed by atoms with van der Waals surface area (Å²) < 4.78 is 38.0. The first-order valence-corrected chi connectivity index (χ1v) is 5.95. The Morgan fingerprint density at radius 2 is 2.11 bits per heavy atom. The van der Waals surface area contributed by atoms with E-state index in [2.05, 4.69) is 9.97 Å². The number of nitrogens with zero attached hydrogens (tertiary/aromatic N) is 3. The van der Waals surface area contributed by atoms with Crippen molar-refractivity contribution in [1.29, 1.82) is 0 Å². The molecule has 104 valence electrons. The summed E-state index contributed by atoms with van der Waals surface area (Å²) in [6.45, 7) is 3.89. The lowest BCUT2D eigenvalue weighted by Gasteiger charge is -2.18. The zero-order valence-electron chi connectivity index (χ0n) is 10.7. The summed E-state index contributed by atoms with van der Waals surface area (Å²) >= 11 is 0. The van der Waals surface area contributed by atoms with Crippen LogP contribution in [0.3, 0.4) is 0 Å². The van der Waals surface area contributed by atoms with Crippen LogP contribution >= 0.6 is 0 Å². The average molecular weight is 273 g/mol. The number of aryl methyl sites for hydroxylation is 1. The zero-order valence-corrected chi connectivity index (χ0v) is 10.7. The fourth-order valence-corrected chi connectivity index (χ4v) is 2.16. The molecule has 7 heteroatoms. The van der Waals surface area contributed by atoms with E-state index in [0.717, 1.165) is 6.07 Å². The Hall–Kier alpha value is -1.66. The fraction of sp³-hybridized carbons (Fsp3) is 0.583. The minimum Gasteiger partial charge on any atom is -0.356 e. The number of carbonyl (C=O) groups is 1. The highest BCUT2D eigenvalue weighted by atomic mass is 19.4. The molecule has 4 nitrogen and oxygen atoms in total. The highest BCUT2D eigenvalue weighted by Crippen LogP contribution is 2.31. The molecule has 1 aliphatic heterocycles. The fourth-order valence-electron chi connectivity index (χ4n) is 2.16. The van der Waals surface area contributed by atoms with E-state index in [1.807, 2.05) is 0 Å². The second-order valence-electron chi connectivity index (χ2n) is 4.70. The molecule has 0 saturated carbocycles. The van der Waals surface area contributed by atoms with Gasteiger partial charge in [0.25, 0.3) is 0 Å². The molecule has 0 spiro atoms. The molecule has 2 heterocycles. The van der Waals surface area contributed by atoms with E-state index < -0.39 is 11.9 Å². The first-order chi connectivity index (χ1) is 8.77. The zero-order chi connectivity index (χ0) is 14.2. The van der Waals surface area contributed by atoms with Gasteiger partial charge >= 0.3 is 6.18 Å². The number of halogens is 3. The van der Waals surface area contributed by atoms with E-state index in [0.29, 0.717) is 19.5 Å². The number of hydrogen-bond donors (Lipinski definition) is 0.